The van der Waals surface area contributed by atoms with Gasteiger partial charge in [-0.2, -0.15) is 0 Å². The molecular formula is C16H14N4O2. The Hall–Kier alpha value is -3.02. The Morgan fingerprint density at radius 2 is 2.05 bits per heavy atom. The van der Waals surface area contributed by atoms with Gasteiger partial charge in [-0.05, 0) is 30.2 Å². The summed E-state index contributed by atoms with van der Waals surface area (Å²) in [4.78, 5) is 15.4. The Balaban J connectivity index is 2.09. The van der Waals surface area contributed by atoms with Crippen LogP contribution in [-0.4, -0.2) is 31.1 Å². The SMILES string of the molecule is Cc1ccccc1Cn1nnc(C(=O)O)c1-c1cccnc1. The Morgan fingerprint density at radius 1 is 1.23 bits per heavy atom. The first-order chi connectivity index (χ1) is 10.7. The molecule has 3 aromatic rings. The standard InChI is InChI=1S/C16H14N4O2/c1-11-5-2-3-6-13(11)10-20-15(12-7-4-8-17-9-12)14(16(21)22)18-19-20/h2-9H,10H2,1H3,(H,21,22). The number of aromatic carboxylic acids is 1. The van der Waals surface area contributed by atoms with Gasteiger partial charge in [-0.25, -0.2) is 9.48 Å². The summed E-state index contributed by atoms with van der Waals surface area (Å²) in [5.41, 5.74) is 3.26. The van der Waals surface area contributed by atoms with Crippen molar-refractivity contribution < 1.29 is 9.90 Å². The lowest BCUT2D eigenvalue weighted by atomic mass is 10.1. The molecule has 110 valence electrons. The lowest BCUT2D eigenvalue weighted by Gasteiger charge is -2.09. The molecule has 0 radical (unpaired) electrons. The third kappa shape index (κ3) is 2.58. The van der Waals surface area contributed by atoms with Crippen molar-refractivity contribution in [2.45, 2.75) is 13.5 Å². The molecule has 1 N–H and O–H groups in total. The highest BCUT2D eigenvalue weighted by Gasteiger charge is 2.21. The first kappa shape index (κ1) is 13.9. The van der Waals surface area contributed by atoms with Crippen molar-refractivity contribution in [3.05, 3.63) is 65.6 Å². The van der Waals surface area contributed by atoms with Crippen LogP contribution in [0.5, 0.6) is 0 Å². The Bertz CT molecular complexity index is 812. The van der Waals surface area contributed by atoms with E-state index >= 15 is 0 Å². The van der Waals surface area contributed by atoms with Crippen molar-refractivity contribution in [1.29, 1.82) is 0 Å². The van der Waals surface area contributed by atoms with E-state index in [0.29, 0.717) is 17.8 Å². The van der Waals surface area contributed by atoms with E-state index in [-0.39, 0.29) is 5.69 Å². The molecule has 0 unspecified atom stereocenters. The van der Waals surface area contributed by atoms with Gasteiger partial charge < -0.3 is 5.11 Å². The van der Waals surface area contributed by atoms with E-state index in [1.165, 1.54) is 0 Å². The summed E-state index contributed by atoms with van der Waals surface area (Å²) in [7, 11) is 0. The van der Waals surface area contributed by atoms with Gasteiger partial charge >= 0.3 is 5.97 Å². The van der Waals surface area contributed by atoms with Gasteiger partial charge in [0.1, 0.15) is 5.69 Å². The second kappa shape index (κ2) is 5.77. The predicted molar refractivity (Wildman–Crippen MR) is 80.5 cm³/mol. The van der Waals surface area contributed by atoms with Crippen LogP contribution in [0.2, 0.25) is 0 Å². The number of aryl methyl sites for hydroxylation is 1. The average molecular weight is 294 g/mol. The van der Waals surface area contributed by atoms with Gasteiger partial charge in [0.25, 0.3) is 0 Å². The van der Waals surface area contributed by atoms with Crippen LogP contribution in [0.15, 0.2) is 48.8 Å². The van der Waals surface area contributed by atoms with Crippen LogP contribution in [0, 0.1) is 6.92 Å². The number of pyridine rings is 1. The molecule has 2 heterocycles. The molecule has 0 aliphatic heterocycles. The molecule has 0 amide bonds. The number of aromatic nitrogens is 4. The van der Waals surface area contributed by atoms with Crippen LogP contribution in [0.1, 0.15) is 21.6 Å². The van der Waals surface area contributed by atoms with Crippen molar-refractivity contribution in [2.24, 2.45) is 0 Å². The van der Waals surface area contributed by atoms with Gasteiger partial charge in [0.05, 0.1) is 6.54 Å². The number of hydrogen-bond acceptors (Lipinski definition) is 4. The van der Waals surface area contributed by atoms with Crippen LogP contribution < -0.4 is 0 Å². The third-order valence-corrected chi connectivity index (χ3v) is 3.45. The number of carboxylic acid groups (broad SMARTS) is 1. The Labute approximate surface area is 127 Å². The summed E-state index contributed by atoms with van der Waals surface area (Å²) in [6.07, 6.45) is 3.25. The van der Waals surface area contributed by atoms with E-state index in [9.17, 15) is 9.90 Å². The first-order valence-corrected chi connectivity index (χ1v) is 6.78. The van der Waals surface area contributed by atoms with Crippen molar-refractivity contribution in [3.63, 3.8) is 0 Å². The highest BCUT2D eigenvalue weighted by Crippen LogP contribution is 2.22. The topological polar surface area (TPSA) is 80.9 Å². The molecule has 0 spiro atoms. The fraction of sp³-hybridized carbons (Fsp3) is 0.125. The molecular weight excluding hydrogens is 280 g/mol. The van der Waals surface area contributed by atoms with E-state index in [4.69, 9.17) is 0 Å². The predicted octanol–water partition coefficient (Wildman–Crippen LogP) is 2.40. The van der Waals surface area contributed by atoms with Gasteiger partial charge in [0.2, 0.25) is 0 Å². The number of carboxylic acids is 1. The number of rotatable bonds is 4. The lowest BCUT2D eigenvalue weighted by Crippen LogP contribution is -2.07. The maximum Gasteiger partial charge on any atom is 0.358 e. The zero-order valence-corrected chi connectivity index (χ0v) is 12.0. The lowest BCUT2D eigenvalue weighted by molar-refractivity contribution is 0.0691. The molecule has 2 aromatic heterocycles. The molecule has 22 heavy (non-hydrogen) atoms. The summed E-state index contributed by atoms with van der Waals surface area (Å²) >= 11 is 0. The molecule has 0 saturated carbocycles. The van der Waals surface area contributed by atoms with Gasteiger partial charge in [-0.1, -0.05) is 29.5 Å². The average Bonchev–Trinajstić information content (AvgIpc) is 2.94. The van der Waals surface area contributed by atoms with Gasteiger partial charge in [-0.3, -0.25) is 4.98 Å². The highest BCUT2D eigenvalue weighted by atomic mass is 16.4. The zero-order chi connectivity index (χ0) is 15.5. The largest absolute Gasteiger partial charge is 0.476 e. The first-order valence-electron chi connectivity index (χ1n) is 6.78. The number of hydrogen-bond donors (Lipinski definition) is 1. The Kier molecular flexibility index (Phi) is 3.65. The van der Waals surface area contributed by atoms with E-state index in [2.05, 4.69) is 15.3 Å². The summed E-state index contributed by atoms with van der Waals surface area (Å²) in [5.74, 6) is -1.10. The fourth-order valence-corrected chi connectivity index (χ4v) is 2.31. The molecule has 3 rings (SSSR count). The third-order valence-electron chi connectivity index (χ3n) is 3.45. The van der Waals surface area contributed by atoms with Crippen molar-refractivity contribution >= 4 is 5.97 Å². The van der Waals surface area contributed by atoms with Crippen LogP contribution in [0.3, 0.4) is 0 Å². The van der Waals surface area contributed by atoms with Crippen molar-refractivity contribution in [1.82, 2.24) is 20.0 Å². The number of nitrogens with zero attached hydrogens (tertiary/aromatic N) is 4. The summed E-state index contributed by atoms with van der Waals surface area (Å²) in [5, 5.41) is 17.1. The number of benzene rings is 1. The molecule has 0 aliphatic rings. The van der Waals surface area contributed by atoms with Crippen molar-refractivity contribution in [3.8, 4) is 11.3 Å². The molecule has 0 bridgehead atoms. The fourth-order valence-electron chi connectivity index (χ4n) is 2.31. The smallest absolute Gasteiger partial charge is 0.358 e. The summed E-state index contributed by atoms with van der Waals surface area (Å²) < 4.78 is 1.60. The summed E-state index contributed by atoms with van der Waals surface area (Å²) in [6, 6.07) is 11.5. The number of carbonyl (C=O) groups is 1. The molecule has 0 aliphatic carbocycles. The minimum absolute atomic E-state index is 0.0680. The maximum atomic E-state index is 11.4. The second-order valence-electron chi connectivity index (χ2n) is 4.92. The van der Waals surface area contributed by atoms with Gasteiger partial charge in [0, 0.05) is 18.0 Å². The maximum absolute atomic E-state index is 11.4. The van der Waals surface area contributed by atoms with Crippen LogP contribution >= 0.6 is 0 Å². The quantitative estimate of drug-likeness (QED) is 0.799. The molecule has 6 heteroatoms. The monoisotopic (exact) mass is 294 g/mol. The van der Waals surface area contributed by atoms with Crippen LogP contribution in [0.4, 0.5) is 0 Å². The van der Waals surface area contributed by atoms with Crippen LogP contribution in [0.25, 0.3) is 11.3 Å². The molecule has 0 saturated heterocycles. The molecule has 0 fully saturated rings. The van der Waals surface area contributed by atoms with E-state index in [0.717, 1.165) is 11.1 Å². The molecule has 1 aromatic carbocycles. The van der Waals surface area contributed by atoms with E-state index in [1.807, 2.05) is 31.2 Å². The Morgan fingerprint density at radius 3 is 2.73 bits per heavy atom. The van der Waals surface area contributed by atoms with Gasteiger partial charge in [0.15, 0.2) is 5.69 Å². The van der Waals surface area contributed by atoms with E-state index in [1.54, 1.807) is 29.2 Å². The normalized spacial score (nSPS) is 10.6. The van der Waals surface area contributed by atoms with Crippen molar-refractivity contribution in [2.75, 3.05) is 0 Å². The molecule has 0 atom stereocenters. The minimum atomic E-state index is -1.10. The van der Waals surface area contributed by atoms with Gasteiger partial charge in [-0.15, -0.1) is 5.10 Å². The molecule has 6 nitrogen and oxygen atoms in total. The second-order valence-corrected chi connectivity index (χ2v) is 4.92. The minimum Gasteiger partial charge on any atom is -0.476 e. The zero-order valence-electron chi connectivity index (χ0n) is 12.0. The van der Waals surface area contributed by atoms with Crippen LogP contribution in [-0.2, 0) is 6.54 Å². The summed E-state index contributed by atoms with van der Waals surface area (Å²) in [6.45, 7) is 2.46. The highest BCUT2D eigenvalue weighted by molar-refractivity contribution is 5.92. The van der Waals surface area contributed by atoms with E-state index < -0.39 is 5.97 Å².